The van der Waals surface area contributed by atoms with Gasteiger partial charge in [0.25, 0.3) is 11.8 Å². The second-order valence-electron chi connectivity index (χ2n) is 10.4. The van der Waals surface area contributed by atoms with Crippen LogP contribution in [-0.2, 0) is 11.2 Å². The number of likely N-dealkylation sites (N-methyl/N-ethyl adjacent to an activating group) is 1. The van der Waals surface area contributed by atoms with Gasteiger partial charge in [0, 0.05) is 41.8 Å². The fraction of sp³-hybridized carbons (Fsp3) is 0.500. The van der Waals surface area contributed by atoms with Gasteiger partial charge in [-0.2, -0.15) is 0 Å². The first-order valence-corrected chi connectivity index (χ1v) is 13.1. The minimum atomic E-state index is -0.651. The Labute approximate surface area is 211 Å². The standard InChI is InChI=1S/C28H35FN4O3/c1-16-24(27(35)30-14-19(34)15-33(2)18-7-4-3-5-8-18)20-9-6-10-21(26(20)31-16)25-22-13-17(29)11-12-23(22)32-28(25)36/h11-13,18-19,31,34H,3-10,14-15H2,1-2H3,(H,30,35)(H,32,36). The lowest BCUT2D eigenvalue weighted by molar-refractivity contribution is -0.110. The van der Waals surface area contributed by atoms with Crippen molar-refractivity contribution in [3.8, 4) is 0 Å². The van der Waals surface area contributed by atoms with Crippen molar-refractivity contribution in [1.29, 1.82) is 0 Å². The molecule has 7 nitrogen and oxygen atoms in total. The molecule has 0 spiro atoms. The third-order valence-electron chi connectivity index (χ3n) is 7.90. The summed E-state index contributed by atoms with van der Waals surface area (Å²) in [5.74, 6) is -0.866. The summed E-state index contributed by atoms with van der Waals surface area (Å²) < 4.78 is 14.0. The Hall–Kier alpha value is -2.97. The zero-order valence-corrected chi connectivity index (χ0v) is 21.0. The van der Waals surface area contributed by atoms with Crippen LogP contribution < -0.4 is 10.6 Å². The van der Waals surface area contributed by atoms with E-state index in [4.69, 9.17) is 0 Å². The largest absolute Gasteiger partial charge is 0.390 e. The van der Waals surface area contributed by atoms with E-state index in [-0.39, 0.29) is 18.4 Å². The number of benzene rings is 1. The van der Waals surface area contributed by atoms with E-state index < -0.39 is 11.9 Å². The van der Waals surface area contributed by atoms with Gasteiger partial charge in [-0.05, 0) is 75.4 Å². The maximum Gasteiger partial charge on any atom is 0.256 e. The van der Waals surface area contributed by atoms with Crippen molar-refractivity contribution in [2.24, 2.45) is 0 Å². The summed E-state index contributed by atoms with van der Waals surface area (Å²) in [6, 6.07) is 4.80. The molecule has 192 valence electrons. The lowest BCUT2D eigenvalue weighted by atomic mass is 9.86. The van der Waals surface area contributed by atoms with Gasteiger partial charge in [0.2, 0.25) is 0 Å². The number of nitrogens with one attached hydrogen (secondary N) is 3. The van der Waals surface area contributed by atoms with E-state index in [1.807, 2.05) is 14.0 Å². The van der Waals surface area contributed by atoms with Gasteiger partial charge in [-0.1, -0.05) is 19.3 Å². The number of aliphatic hydroxyl groups is 1. The number of allylic oxidation sites excluding steroid dienone is 1. The van der Waals surface area contributed by atoms with E-state index in [0.717, 1.165) is 41.8 Å². The molecule has 0 radical (unpaired) electrons. The molecule has 0 saturated heterocycles. The Morgan fingerprint density at radius 2 is 2.00 bits per heavy atom. The number of aryl methyl sites for hydroxylation is 1. The van der Waals surface area contributed by atoms with Gasteiger partial charge in [0.15, 0.2) is 0 Å². The number of anilines is 1. The first-order chi connectivity index (χ1) is 17.3. The molecule has 1 aliphatic heterocycles. The van der Waals surface area contributed by atoms with Crippen molar-refractivity contribution in [1.82, 2.24) is 15.2 Å². The summed E-state index contributed by atoms with van der Waals surface area (Å²) in [5.41, 5.74) is 5.41. The number of hydrogen-bond acceptors (Lipinski definition) is 4. The highest BCUT2D eigenvalue weighted by molar-refractivity contribution is 6.36. The second kappa shape index (κ2) is 10.2. The van der Waals surface area contributed by atoms with Gasteiger partial charge < -0.3 is 25.6 Å². The Morgan fingerprint density at radius 1 is 1.22 bits per heavy atom. The summed E-state index contributed by atoms with van der Waals surface area (Å²) in [5, 5.41) is 16.3. The number of aliphatic hydroxyl groups excluding tert-OH is 1. The van der Waals surface area contributed by atoms with Gasteiger partial charge in [-0.25, -0.2) is 4.39 Å². The van der Waals surface area contributed by atoms with Gasteiger partial charge in [0.1, 0.15) is 5.82 Å². The number of carbonyl (C=O) groups is 2. The molecule has 2 aromatic rings. The first kappa shape index (κ1) is 24.7. The highest BCUT2D eigenvalue weighted by atomic mass is 19.1. The van der Waals surface area contributed by atoms with Crippen LogP contribution in [0.4, 0.5) is 10.1 Å². The van der Waals surface area contributed by atoms with Crippen LogP contribution in [-0.4, -0.2) is 59.1 Å². The fourth-order valence-electron chi connectivity index (χ4n) is 6.11. The minimum Gasteiger partial charge on any atom is -0.390 e. The normalized spacial score (nSPS) is 20.8. The third kappa shape index (κ3) is 4.72. The topological polar surface area (TPSA) is 97.5 Å². The Kier molecular flexibility index (Phi) is 6.99. The Balaban J connectivity index is 1.34. The number of nitrogens with zero attached hydrogens (tertiary/aromatic N) is 1. The molecule has 8 heteroatoms. The van der Waals surface area contributed by atoms with Crippen LogP contribution in [0.3, 0.4) is 0 Å². The Morgan fingerprint density at radius 3 is 2.78 bits per heavy atom. The summed E-state index contributed by atoms with van der Waals surface area (Å²) in [7, 11) is 2.05. The highest BCUT2D eigenvalue weighted by Crippen LogP contribution is 2.43. The number of H-pyrrole nitrogens is 1. The fourth-order valence-corrected chi connectivity index (χ4v) is 6.11. The Bertz CT molecular complexity index is 1210. The molecule has 2 heterocycles. The molecule has 4 N–H and O–H groups in total. The summed E-state index contributed by atoms with van der Waals surface area (Å²) in [4.78, 5) is 31.6. The monoisotopic (exact) mass is 494 g/mol. The second-order valence-corrected chi connectivity index (χ2v) is 10.4. The van der Waals surface area contributed by atoms with Crippen molar-refractivity contribution in [3.63, 3.8) is 0 Å². The molecule has 5 rings (SSSR count). The number of rotatable bonds is 6. The van der Waals surface area contributed by atoms with Crippen LogP contribution in [0.15, 0.2) is 18.2 Å². The van der Waals surface area contributed by atoms with Gasteiger partial charge >= 0.3 is 0 Å². The van der Waals surface area contributed by atoms with Crippen LogP contribution in [0.1, 0.15) is 77.8 Å². The molecule has 3 aliphatic rings. The lowest BCUT2D eigenvalue weighted by Crippen LogP contribution is -2.43. The summed E-state index contributed by atoms with van der Waals surface area (Å²) in [6.07, 6.45) is 7.60. The predicted octanol–water partition coefficient (Wildman–Crippen LogP) is 4.02. The molecule has 1 aromatic heterocycles. The zero-order chi connectivity index (χ0) is 25.4. The van der Waals surface area contributed by atoms with Crippen molar-refractivity contribution >= 4 is 28.6 Å². The number of hydrogen-bond donors (Lipinski definition) is 4. The van der Waals surface area contributed by atoms with Gasteiger partial charge in [0.05, 0.1) is 17.2 Å². The minimum absolute atomic E-state index is 0.179. The quantitative estimate of drug-likeness (QED) is 0.456. The molecule has 1 fully saturated rings. The van der Waals surface area contributed by atoms with Crippen LogP contribution in [0.2, 0.25) is 0 Å². The summed E-state index contributed by atoms with van der Waals surface area (Å²) >= 11 is 0. The van der Waals surface area contributed by atoms with Crippen molar-refractivity contribution in [2.75, 3.05) is 25.5 Å². The highest BCUT2D eigenvalue weighted by Gasteiger charge is 2.33. The van der Waals surface area contributed by atoms with Crippen molar-refractivity contribution in [3.05, 3.63) is 52.1 Å². The first-order valence-electron chi connectivity index (χ1n) is 13.1. The molecular formula is C28H35FN4O3. The molecule has 1 unspecified atom stereocenters. The maximum absolute atomic E-state index is 14.0. The number of aromatic nitrogens is 1. The molecule has 1 saturated carbocycles. The average Bonchev–Trinajstić information content (AvgIpc) is 3.37. The van der Waals surface area contributed by atoms with E-state index in [2.05, 4.69) is 20.5 Å². The van der Waals surface area contributed by atoms with E-state index in [9.17, 15) is 19.1 Å². The number of fused-ring (bicyclic) bond motifs is 2. The average molecular weight is 495 g/mol. The maximum atomic E-state index is 14.0. The van der Waals surface area contributed by atoms with Crippen LogP contribution >= 0.6 is 0 Å². The smallest absolute Gasteiger partial charge is 0.256 e. The van der Waals surface area contributed by atoms with Crippen molar-refractivity contribution < 1.29 is 19.1 Å². The zero-order valence-electron chi connectivity index (χ0n) is 21.0. The number of aromatic amines is 1. The van der Waals surface area contributed by atoms with E-state index in [1.165, 1.54) is 31.4 Å². The predicted molar refractivity (Wildman–Crippen MR) is 138 cm³/mol. The van der Waals surface area contributed by atoms with Crippen molar-refractivity contribution in [2.45, 2.75) is 70.4 Å². The molecule has 1 atom stereocenters. The lowest BCUT2D eigenvalue weighted by Gasteiger charge is -2.32. The van der Waals surface area contributed by atoms with Gasteiger partial charge in [-0.15, -0.1) is 0 Å². The third-order valence-corrected chi connectivity index (χ3v) is 7.90. The van der Waals surface area contributed by atoms with Crippen LogP contribution in [0.5, 0.6) is 0 Å². The van der Waals surface area contributed by atoms with E-state index in [1.54, 1.807) is 6.07 Å². The molecule has 2 aliphatic carbocycles. The molecule has 1 aromatic carbocycles. The number of amides is 2. The molecule has 36 heavy (non-hydrogen) atoms. The van der Waals surface area contributed by atoms with Gasteiger partial charge in [-0.3, -0.25) is 9.59 Å². The van der Waals surface area contributed by atoms with Crippen LogP contribution in [0, 0.1) is 12.7 Å². The molecular weight excluding hydrogens is 459 g/mol. The number of carbonyl (C=O) groups excluding carboxylic acids is 2. The molecule has 2 amide bonds. The van der Waals surface area contributed by atoms with E-state index in [0.29, 0.717) is 47.8 Å². The van der Waals surface area contributed by atoms with E-state index >= 15 is 0 Å². The van der Waals surface area contributed by atoms with Crippen LogP contribution in [0.25, 0.3) is 11.1 Å². The molecule has 0 bridgehead atoms. The number of halogens is 1. The summed E-state index contributed by atoms with van der Waals surface area (Å²) in [6.45, 7) is 2.56. The SMILES string of the molecule is Cc1[nH]c2c(c1C(=O)NCC(O)CN(C)C1CCCCC1)CCCC2=C1C(=O)Nc2ccc(F)cc21.